The Labute approximate surface area is 186 Å². The Hall–Kier alpha value is -3.67. The third kappa shape index (κ3) is 6.42. The lowest BCUT2D eigenvalue weighted by atomic mass is 10.1. The van der Waals surface area contributed by atoms with E-state index in [0.29, 0.717) is 32.7 Å². The number of methoxy groups -OCH3 is 1. The minimum Gasteiger partial charge on any atom is -0.465 e. The molecule has 1 amide bonds. The minimum atomic E-state index is -4.75. The third-order valence-electron chi connectivity index (χ3n) is 5.02. The maximum Gasteiger partial charge on any atom is 0.573 e. The number of halogens is 3. The number of nitro benzene ring substituents is 1. The van der Waals surface area contributed by atoms with Crippen LogP contribution in [-0.2, 0) is 11.3 Å². The van der Waals surface area contributed by atoms with Gasteiger partial charge in [-0.2, -0.15) is 0 Å². The number of non-ortho nitro benzene ring substituents is 1. The lowest BCUT2D eigenvalue weighted by Crippen LogP contribution is -2.48. The average Bonchev–Trinajstić information content (AvgIpc) is 2.78. The van der Waals surface area contributed by atoms with E-state index in [4.69, 9.17) is 0 Å². The summed E-state index contributed by atoms with van der Waals surface area (Å²) in [4.78, 5) is 38.7. The van der Waals surface area contributed by atoms with E-state index >= 15 is 0 Å². The highest BCUT2D eigenvalue weighted by Gasteiger charge is 2.31. The van der Waals surface area contributed by atoms with E-state index in [1.807, 2.05) is 4.90 Å². The molecule has 1 heterocycles. The van der Waals surface area contributed by atoms with Crippen LogP contribution in [0.25, 0.3) is 0 Å². The van der Waals surface area contributed by atoms with Gasteiger partial charge in [0, 0.05) is 50.4 Å². The zero-order valence-corrected chi connectivity index (χ0v) is 17.5. The van der Waals surface area contributed by atoms with Gasteiger partial charge < -0.3 is 14.4 Å². The quantitative estimate of drug-likeness (QED) is 0.365. The molecule has 1 aliphatic heterocycles. The molecule has 0 N–H and O–H groups in total. The Morgan fingerprint density at radius 2 is 1.64 bits per heavy atom. The number of carbonyl (C=O) groups excluding carboxylic acids is 2. The van der Waals surface area contributed by atoms with Gasteiger partial charge in [0.05, 0.1) is 17.6 Å². The van der Waals surface area contributed by atoms with Crippen LogP contribution in [0, 0.1) is 10.1 Å². The van der Waals surface area contributed by atoms with Gasteiger partial charge in [-0.25, -0.2) is 4.79 Å². The van der Waals surface area contributed by atoms with Crippen LogP contribution in [0.15, 0.2) is 42.5 Å². The molecular weight excluding hydrogens is 447 g/mol. The van der Waals surface area contributed by atoms with Gasteiger partial charge in [-0.3, -0.25) is 19.8 Å². The van der Waals surface area contributed by atoms with Crippen molar-refractivity contribution in [2.75, 3.05) is 33.3 Å². The zero-order valence-electron chi connectivity index (χ0n) is 17.5. The molecule has 1 aliphatic rings. The van der Waals surface area contributed by atoms with Gasteiger partial charge in [-0.1, -0.05) is 12.1 Å². The zero-order chi connectivity index (χ0) is 24.2. The molecule has 0 radical (unpaired) electrons. The number of hydrogen-bond acceptors (Lipinski definition) is 7. The first kappa shape index (κ1) is 24.0. The number of rotatable bonds is 6. The van der Waals surface area contributed by atoms with Gasteiger partial charge in [0.25, 0.3) is 11.6 Å². The van der Waals surface area contributed by atoms with Crippen LogP contribution < -0.4 is 4.74 Å². The Morgan fingerprint density at radius 3 is 2.18 bits per heavy atom. The molecular formula is C21H20F3N3O6. The van der Waals surface area contributed by atoms with Gasteiger partial charge in [-0.15, -0.1) is 13.2 Å². The summed E-state index contributed by atoms with van der Waals surface area (Å²) in [7, 11) is 1.14. The van der Waals surface area contributed by atoms with Crippen LogP contribution in [-0.4, -0.2) is 66.3 Å². The van der Waals surface area contributed by atoms with Crippen LogP contribution in [0.5, 0.6) is 5.75 Å². The summed E-state index contributed by atoms with van der Waals surface area (Å²) in [5, 5.41) is 11.2. The number of esters is 1. The summed E-state index contributed by atoms with van der Waals surface area (Å²) in [5.41, 5.74) is 0.313. The van der Waals surface area contributed by atoms with Gasteiger partial charge in [-0.05, 0) is 23.8 Å². The fourth-order valence-electron chi connectivity index (χ4n) is 3.42. The molecule has 33 heavy (non-hydrogen) atoms. The van der Waals surface area contributed by atoms with Crippen molar-refractivity contribution in [3.63, 3.8) is 0 Å². The fraction of sp³-hybridized carbons (Fsp3) is 0.333. The summed E-state index contributed by atoms with van der Waals surface area (Å²) in [5.74, 6) is -1.54. The van der Waals surface area contributed by atoms with Crippen LogP contribution in [0.2, 0.25) is 0 Å². The largest absolute Gasteiger partial charge is 0.573 e. The predicted molar refractivity (Wildman–Crippen MR) is 109 cm³/mol. The molecule has 1 fully saturated rings. The number of amides is 1. The Balaban J connectivity index is 1.61. The highest BCUT2D eigenvalue weighted by atomic mass is 19.4. The van der Waals surface area contributed by atoms with E-state index in [1.165, 1.54) is 35.2 Å². The van der Waals surface area contributed by atoms with Crippen molar-refractivity contribution in [1.29, 1.82) is 0 Å². The normalized spacial score (nSPS) is 14.6. The molecule has 0 unspecified atom stereocenters. The second-order valence-electron chi connectivity index (χ2n) is 7.28. The van der Waals surface area contributed by atoms with Crippen LogP contribution in [0.3, 0.4) is 0 Å². The van der Waals surface area contributed by atoms with Crippen molar-refractivity contribution in [1.82, 2.24) is 9.80 Å². The molecule has 0 aromatic heterocycles. The van der Waals surface area contributed by atoms with Gasteiger partial charge in [0.2, 0.25) is 0 Å². The molecule has 0 atom stereocenters. The SMILES string of the molecule is COC(=O)c1cc(C(=O)N2CCN(Cc3ccc(OC(F)(F)F)cc3)CC2)cc([N+](=O)[O-])c1. The van der Waals surface area contributed by atoms with E-state index < -0.39 is 28.8 Å². The number of carbonyl (C=O) groups is 2. The maximum atomic E-state index is 12.9. The maximum absolute atomic E-state index is 12.9. The van der Waals surface area contributed by atoms with Crippen molar-refractivity contribution in [2.45, 2.75) is 12.9 Å². The molecule has 12 heteroatoms. The van der Waals surface area contributed by atoms with Crippen molar-refractivity contribution in [3.05, 3.63) is 69.3 Å². The highest BCUT2D eigenvalue weighted by molar-refractivity contribution is 5.99. The van der Waals surface area contributed by atoms with Gasteiger partial charge in [0.15, 0.2) is 0 Å². The Bertz CT molecular complexity index is 1030. The first-order chi connectivity index (χ1) is 15.6. The number of ether oxygens (including phenoxy) is 2. The van der Waals surface area contributed by atoms with Crippen molar-refractivity contribution in [3.8, 4) is 5.75 Å². The van der Waals surface area contributed by atoms with Crippen LogP contribution >= 0.6 is 0 Å². The number of hydrogen-bond donors (Lipinski definition) is 0. The van der Waals surface area contributed by atoms with Crippen molar-refractivity contribution < 1.29 is 37.2 Å². The molecule has 9 nitrogen and oxygen atoms in total. The number of nitrogens with zero attached hydrogens (tertiary/aromatic N) is 3. The molecule has 2 aromatic carbocycles. The van der Waals surface area contributed by atoms with E-state index in [9.17, 15) is 32.9 Å². The lowest BCUT2D eigenvalue weighted by Gasteiger charge is -2.34. The third-order valence-corrected chi connectivity index (χ3v) is 5.02. The lowest BCUT2D eigenvalue weighted by molar-refractivity contribution is -0.384. The summed E-state index contributed by atoms with van der Waals surface area (Å²) < 4.78 is 45.2. The van der Waals surface area contributed by atoms with Crippen LogP contribution in [0.4, 0.5) is 18.9 Å². The summed E-state index contributed by atoms with van der Waals surface area (Å²) in [6.07, 6.45) is -4.75. The molecule has 0 aliphatic carbocycles. The minimum absolute atomic E-state index is 0.0123. The summed E-state index contributed by atoms with van der Waals surface area (Å²) in [6, 6.07) is 8.98. The Kier molecular flexibility index (Phi) is 7.16. The van der Waals surface area contributed by atoms with E-state index in [1.54, 1.807) is 0 Å². The number of alkyl halides is 3. The molecule has 0 bridgehead atoms. The second-order valence-corrected chi connectivity index (χ2v) is 7.28. The highest BCUT2D eigenvalue weighted by Crippen LogP contribution is 2.24. The molecule has 176 valence electrons. The standard InChI is InChI=1S/C21H20F3N3O6/c1-32-20(29)16-10-15(11-17(12-16)27(30)31)19(28)26-8-6-25(7-9-26)13-14-2-4-18(5-3-14)33-21(22,23)24/h2-5,10-12H,6-9,13H2,1H3. The average molecular weight is 467 g/mol. The second kappa shape index (κ2) is 9.86. The fourth-order valence-corrected chi connectivity index (χ4v) is 3.42. The Morgan fingerprint density at radius 1 is 1.03 bits per heavy atom. The van der Waals surface area contributed by atoms with Crippen molar-refractivity contribution >= 4 is 17.6 Å². The smallest absolute Gasteiger partial charge is 0.465 e. The first-order valence-corrected chi connectivity index (χ1v) is 9.80. The van der Waals surface area contributed by atoms with Gasteiger partial charge in [0.1, 0.15) is 5.75 Å². The van der Waals surface area contributed by atoms with E-state index in [-0.39, 0.29) is 16.9 Å². The first-order valence-electron chi connectivity index (χ1n) is 9.80. The number of benzene rings is 2. The van der Waals surface area contributed by atoms with Crippen molar-refractivity contribution in [2.24, 2.45) is 0 Å². The molecule has 2 aromatic rings. The summed E-state index contributed by atoms with van der Waals surface area (Å²) >= 11 is 0. The molecule has 1 saturated heterocycles. The number of nitro groups is 1. The summed E-state index contributed by atoms with van der Waals surface area (Å²) in [6.45, 7) is 2.13. The number of piperazine rings is 1. The monoisotopic (exact) mass is 467 g/mol. The molecule has 3 rings (SSSR count). The van der Waals surface area contributed by atoms with E-state index in [2.05, 4.69) is 9.47 Å². The van der Waals surface area contributed by atoms with Gasteiger partial charge >= 0.3 is 12.3 Å². The van der Waals surface area contributed by atoms with E-state index in [0.717, 1.165) is 24.8 Å². The molecule has 0 spiro atoms. The molecule has 0 saturated carbocycles. The topological polar surface area (TPSA) is 102 Å². The predicted octanol–water partition coefficient (Wildman–Crippen LogP) is 3.24. The van der Waals surface area contributed by atoms with Crippen LogP contribution in [0.1, 0.15) is 26.3 Å².